The summed E-state index contributed by atoms with van der Waals surface area (Å²) in [5.74, 6) is 0.386. The van der Waals surface area contributed by atoms with Crippen LogP contribution in [0.3, 0.4) is 0 Å². The lowest BCUT2D eigenvalue weighted by Crippen LogP contribution is -2.24. The number of anilines is 1. The van der Waals surface area contributed by atoms with Crippen molar-refractivity contribution < 1.29 is 18.7 Å². The van der Waals surface area contributed by atoms with Crippen molar-refractivity contribution >= 4 is 29.3 Å². The Morgan fingerprint density at radius 1 is 1.17 bits per heavy atom. The van der Waals surface area contributed by atoms with Crippen molar-refractivity contribution in [2.75, 3.05) is 18.2 Å². The van der Waals surface area contributed by atoms with Gasteiger partial charge in [0.1, 0.15) is 11.6 Å². The Bertz CT molecular complexity index is 1040. The van der Waals surface area contributed by atoms with Gasteiger partial charge in [-0.25, -0.2) is 4.39 Å². The van der Waals surface area contributed by atoms with E-state index in [2.05, 4.69) is 20.8 Å². The lowest BCUT2D eigenvalue weighted by molar-refractivity contribution is -0.113. The van der Waals surface area contributed by atoms with Gasteiger partial charge in [-0.15, -0.1) is 10.2 Å². The van der Waals surface area contributed by atoms with Crippen LogP contribution in [0.5, 0.6) is 5.75 Å². The number of thioether (sulfide) groups is 1. The second-order valence-electron chi connectivity index (χ2n) is 6.22. The molecule has 8 nitrogen and oxygen atoms in total. The normalized spacial score (nSPS) is 10.5. The molecule has 30 heavy (non-hydrogen) atoms. The molecule has 1 heterocycles. The van der Waals surface area contributed by atoms with Crippen molar-refractivity contribution in [1.82, 2.24) is 20.1 Å². The summed E-state index contributed by atoms with van der Waals surface area (Å²) < 4.78 is 19.8. The second-order valence-corrected chi connectivity index (χ2v) is 7.16. The molecule has 0 saturated carbocycles. The van der Waals surface area contributed by atoms with Gasteiger partial charge in [0.25, 0.3) is 5.91 Å². The number of halogens is 1. The number of benzene rings is 2. The molecular weight excluding hydrogens is 409 g/mol. The topological polar surface area (TPSA) is 98.1 Å². The number of carbonyl (C=O) groups is 2. The fourth-order valence-electron chi connectivity index (χ4n) is 2.52. The van der Waals surface area contributed by atoms with E-state index >= 15 is 0 Å². The van der Waals surface area contributed by atoms with Gasteiger partial charge in [0, 0.05) is 24.4 Å². The number of hydrogen-bond acceptors (Lipinski definition) is 6. The maximum atomic E-state index is 13.0. The SMILES string of the molecule is COc1cccc(NC(=O)CSc2nnc(CNC(=O)c3ccc(F)cc3)n2C)c1. The van der Waals surface area contributed by atoms with E-state index in [4.69, 9.17) is 4.74 Å². The van der Waals surface area contributed by atoms with Crippen LogP contribution in [0.25, 0.3) is 0 Å². The average molecular weight is 429 g/mol. The summed E-state index contributed by atoms with van der Waals surface area (Å²) in [6.07, 6.45) is 0. The number of rotatable bonds is 8. The first-order chi connectivity index (χ1) is 14.5. The van der Waals surface area contributed by atoms with Crippen LogP contribution in [-0.2, 0) is 18.4 Å². The van der Waals surface area contributed by atoms with Gasteiger partial charge in [0.15, 0.2) is 11.0 Å². The van der Waals surface area contributed by atoms with Crippen LogP contribution in [0.15, 0.2) is 53.7 Å². The van der Waals surface area contributed by atoms with Gasteiger partial charge < -0.3 is 19.9 Å². The molecule has 2 amide bonds. The Labute approximate surface area is 176 Å². The summed E-state index contributed by atoms with van der Waals surface area (Å²) in [7, 11) is 3.31. The summed E-state index contributed by atoms with van der Waals surface area (Å²) in [4.78, 5) is 24.3. The predicted octanol–water partition coefficient (Wildman–Crippen LogP) is 2.62. The molecule has 0 aliphatic rings. The monoisotopic (exact) mass is 429 g/mol. The average Bonchev–Trinajstić information content (AvgIpc) is 3.10. The van der Waals surface area contributed by atoms with Crippen molar-refractivity contribution in [3.05, 3.63) is 65.7 Å². The predicted molar refractivity (Wildman–Crippen MR) is 111 cm³/mol. The summed E-state index contributed by atoms with van der Waals surface area (Å²) >= 11 is 1.23. The highest BCUT2D eigenvalue weighted by Gasteiger charge is 2.13. The first-order valence-corrected chi connectivity index (χ1v) is 9.93. The maximum absolute atomic E-state index is 13.0. The summed E-state index contributed by atoms with van der Waals surface area (Å²) in [5, 5.41) is 14.2. The highest BCUT2D eigenvalue weighted by molar-refractivity contribution is 7.99. The number of methoxy groups -OCH3 is 1. The van der Waals surface area contributed by atoms with E-state index in [1.54, 1.807) is 43.0 Å². The largest absolute Gasteiger partial charge is 0.497 e. The molecule has 10 heteroatoms. The smallest absolute Gasteiger partial charge is 0.251 e. The third-order valence-electron chi connectivity index (χ3n) is 4.12. The van der Waals surface area contributed by atoms with E-state index in [-0.39, 0.29) is 24.1 Å². The minimum absolute atomic E-state index is 0.144. The third-order valence-corrected chi connectivity index (χ3v) is 5.14. The number of aromatic nitrogens is 3. The molecule has 0 fully saturated rings. The molecule has 0 aliphatic heterocycles. The molecule has 0 spiro atoms. The van der Waals surface area contributed by atoms with Crippen molar-refractivity contribution in [2.24, 2.45) is 7.05 Å². The van der Waals surface area contributed by atoms with Gasteiger partial charge in [0.05, 0.1) is 19.4 Å². The van der Waals surface area contributed by atoms with Gasteiger partial charge in [-0.1, -0.05) is 17.8 Å². The van der Waals surface area contributed by atoms with Gasteiger partial charge in [-0.2, -0.15) is 0 Å². The minimum atomic E-state index is -0.406. The third kappa shape index (κ3) is 5.57. The number of ether oxygens (including phenoxy) is 1. The van der Waals surface area contributed by atoms with Gasteiger partial charge >= 0.3 is 0 Å². The second kappa shape index (κ2) is 9.88. The van der Waals surface area contributed by atoms with Gasteiger partial charge in [-0.3, -0.25) is 9.59 Å². The fourth-order valence-corrected chi connectivity index (χ4v) is 3.25. The molecular formula is C20H20FN5O3S. The molecule has 1 aromatic heterocycles. The number of nitrogens with one attached hydrogen (secondary N) is 2. The maximum Gasteiger partial charge on any atom is 0.251 e. The fraction of sp³-hybridized carbons (Fsp3) is 0.200. The van der Waals surface area contributed by atoms with Gasteiger partial charge in [0.2, 0.25) is 5.91 Å². The quantitative estimate of drug-likeness (QED) is 0.534. The Balaban J connectivity index is 1.51. The summed E-state index contributed by atoms with van der Waals surface area (Å²) in [6.45, 7) is 0.149. The molecule has 2 N–H and O–H groups in total. The van der Waals surface area contributed by atoms with Crippen molar-refractivity contribution in [1.29, 1.82) is 0 Å². The Morgan fingerprint density at radius 3 is 2.67 bits per heavy atom. The lowest BCUT2D eigenvalue weighted by atomic mass is 10.2. The highest BCUT2D eigenvalue weighted by Crippen LogP contribution is 2.19. The lowest BCUT2D eigenvalue weighted by Gasteiger charge is -2.07. The number of amides is 2. The number of nitrogens with zero attached hydrogens (tertiary/aromatic N) is 3. The van der Waals surface area contributed by atoms with Crippen molar-refractivity contribution in [2.45, 2.75) is 11.7 Å². The molecule has 0 atom stereocenters. The molecule has 2 aromatic carbocycles. The van der Waals surface area contributed by atoms with Crippen LogP contribution in [0.4, 0.5) is 10.1 Å². The van der Waals surface area contributed by atoms with Crippen LogP contribution in [0.2, 0.25) is 0 Å². The zero-order valence-corrected chi connectivity index (χ0v) is 17.2. The first-order valence-electron chi connectivity index (χ1n) is 8.95. The molecule has 0 radical (unpaired) electrons. The first kappa shape index (κ1) is 21.3. The van der Waals surface area contributed by atoms with E-state index in [0.29, 0.717) is 28.0 Å². The van der Waals surface area contributed by atoms with E-state index in [9.17, 15) is 14.0 Å². The molecule has 3 rings (SSSR count). The van der Waals surface area contributed by atoms with E-state index in [1.807, 2.05) is 0 Å². The summed E-state index contributed by atoms with van der Waals surface area (Å²) in [6, 6.07) is 12.3. The Kier molecular flexibility index (Phi) is 7.02. The Morgan fingerprint density at radius 2 is 1.93 bits per heavy atom. The summed E-state index contributed by atoms with van der Waals surface area (Å²) in [5.41, 5.74) is 0.990. The molecule has 0 bridgehead atoms. The molecule has 0 aliphatic carbocycles. The minimum Gasteiger partial charge on any atom is -0.497 e. The van der Waals surface area contributed by atoms with Crippen LogP contribution in [-0.4, -0.2) is 39.4 Å². The number of carbonyl (C=O) groups excluding carboxylic acids is 2. The zero-order valence-electron chi connectivity index (χ0n) is 16.4. The molecule has 156 valence electrons. The molecule has 0 unspecified atom stereocenters. The standard InChI is InChI=1S/C20H20FN5O3S/c1-26-17(11-22-19(28)13-6-8-14(21)9-7-13)24-25-20(26)30-12-18(27)23-15-4-3-5-16(10-15)29-2/h3-10H,11-12H2,1-2H3,(H,22,28)(H,23,27). The number of hydrogen-bond donors (Lipinski definition) is 2. The molecule has 0 saturated heterocycles. The van der Waals surface area contributed by atoms with E-state index < -0.39 is 5.82 Å². The molecule has 3 aromatic rings. The van der Waals surface area contributed by atoms with E-state index in [0.717, 1.165) is 0 Å². The van der Waals surface area contributed by atoms with Crippen LogP contribution < -0.4 is 15.4 Å². The van der Waals surface area contributed by atoms with Gasteiger partial charge in [-0.05, 0) is 36.4 Å². The van der Waals surface area contributed by atoms with Crippen LogP contribution in [0.1, 0.15) is 16.2 Å². The van der Waals surface area contributed by atoms with Crippen molar-refractivity contribution in [3.8, 4) is 5.75 Å². The van der Waals surface area contributed by atoms with E-state index in [1.165, 1.54) is 36.0 Å². The Hall–Kier alpha value is -3.40. The zero-order chi connectivity index (χ0) is 21.5. The van der Waals surface area contributed by atoms with Crippen LogP contribution in [0, 0.1) is 5.82 Å². The van der Waals surface area contributed by atoms with Crippen molar-refractivity contribution in [3.63, 3.8) is 0 Å². The van der Waals surface area contributed by atoms with Crippen LogP contribution >= 0.6 is 11.8 Å². The highest BCUT2D eigenvalue weighted by atomic mass is 32.2.